The number of aromatic hydroxyl groups is 2. The Morgan fingerprint density at radius 2 is 1.04 bits per heavy atom. The number of hydrogen-bond acceptors (Lipinski definition) is 11. The second-order valence-electron chi connectivity index (χ2n) is 10.6. The summed E-state index contributed by atoms with van der Waals surface area (Å²) in [4.78, 5) is -0.271. The molecule has 0 bridgehead atoms. The Morgan fingerprint density at radius 3 is 1.42 bits per heavy atom. The van der Waals surface area contributed by atoms with Crippen LogP contribution in [0.1, 0.15) is 90.9 Å². The highest BCUT2D eigenvalue weighted by atomic mass is 32.2. The lowest BCUT2D eigenvalue weighted by Crippen LogP contribution is -2.24. The number of phenols is 2. The van der Waals surface area contributed by atoms with E-state index in [4.69, 9.17) is 0 Å². The van der Waals surface area contributed by atoms with Crippen LogP contribution in [0.3, 0.4) is 0 Å². The van der Waals surface area contributed by atoms with Crippen molar-refractivity contribution in [1.29, 1.82) is 5.26 Å². The molecule has 4 N–H and O–H groups in total. The van der Waals surface area contributed by atoms with Gasteiger partial charge in [0.1, 0.15) is 28.9 Å². The highest BCUT2D eigenvalue weighted by Gasteiger charge is 2.17. The summed E-state index contributed by atoms with van der Waals surface area (Å²) in [5.74, 6) is -0.738. The minimum absolute atomic E-state index is 0.136. The molecule has 0 aliphatic carbocycles. The molecular weight excluding hydrogens is 619 g/mol. The van der Waals surface area contributed by atoms with Crippen LogP contribution in [-0.2, 0) is 20.0 Å². The molecule has 0 spiro atoms. The van der Waals surface area contributed by atoms with Gasteiger partial charge in [-0.3, -0.25) is 0 Å². The molecule has 0 aliphatic rings. The van der Waals surface area contributed by atoms with E-state index >= 15 is 0 Å². The molecule has 0 atom stereocenters. The molecule has 0 unspecified atom stereocenters. The van der Waals surface area contributed by atoms with Gasteiger partial charge in [0.25, 0.3) is 6.17 Å². The third-order valence-electron chi connectivity index (χ3n) is 6.82. The Labute approximate surface area is 267 Å². The number of benzene rings is 2. The van der Waals surface area contributed by atoms with Crippen molar-refractivity contribution in [3.8, 4) is 17.6 Å². The summed E-state index contributed by atoms with van der Waals surface area (Å²) in [6, 6.07) is 8.73. The monoisotopic (exact) mass is 663 g/mol. The molecule has 2 aromatic rings. The number of hydrogen-bond donors (Lipinski definition) is 4. The van der Waals surface area contributed by atoms with Crippen LogP contribution >= 0.6 is 0 Å². The lowest BCUT2D eigenvalue weighted by Gasteiger charge is -2.08. The van der Waals surface area contributed by atoms with Gasteiger partial charge in [-0.05, 0) is 49.2 Å². The fourth-order valence-electron chi connectivity index (χ4n) is 4.20. The van der Waals surface area contributed by atoms with Crippen LogP contribution in [0.25, 0.3) is 0 Å². The van der Waals surface area contributed by atoms with Crippen LogP contribution in [0.4, 0.5) is 11.4 Å². The van der Waals surface area contributed by atoms with Gasteiger partial charge in [-0.25, -0.2) is 26.3 Å². The van der Waals surface area contributed by atoms with Crippen molar-refractivity contribution < 1.29 is 27.0 Å². The summed E-state index contributed by atoms with van der Waals surface area (Å²) >= 11 is 0. The smallest absolute Gasteiger partial charge is 0.266 e. The molecule has 2 rings (SSSR count). The molecule has 0 aliphatic heterocycles. The summed E-state index contributed by atoms with van der Waals surface area (Å²) in [6.07, 6.45) is 10.6. The number of unbranched alkanes of at least 4 members (excludes halogenated alkanes) is 10. The molecule has 0 saturated carbocycles. The number of phenolic OH excluding ortho intramolecular Hbond substituents is 2. The third kappa shape index (κ3) is 13.6. The predicted molar refractivity (Wildman–Crippen MR) is 172 cm³/mol. The Bertz CT molecular complexity index is 1420. The SMILES string of the molecule is CCCCCCCCNS(=O)(=O)c1ccc(O)c(N=NC(C#N)N=Nc2cc(S(=O)(=O)NCCCCCCCC)ccc2O)c1. The van der Waals surface area contributed by atoms with Crippen molar-refractivity contribution >= 4 is 31.4 Å². The van der Waals surface area contributed by atoms with E-state index in [1.807, 2.05) is 0 Å². The fraction of sp³-hybridized carbons (Fsp3) is 0.567. The molecule has 45 heavy (non-hydrogen) atoms. The van der Waals surface area contributed by atoms with Crippen LogP contribution in [0.15, 0.2) is 66.6 Å². The van der Waals surface area contributed by atoms with Crippen LogP contribution in [-0.4, -0.2) is 46.3 Å². The van der Waals surface area contributed by atoms with Crippen molar-refractivity contribution in [2.45, 2.75) is 107 Å². The van der Waals surface area contributed by atoms with Gasteiger partial charge in [-0.2, -0.15) is 5.26 Å². The average Bonchev–Trinajstić information content (AvgIpc) is 3.01. The number of nitrogens with zero attached hydrogens (tertiary/aromatic N) is 5. The van der Waals surface area contributed by atoms with Crippen molar-refractivity contribution in [1.82, 2.24) is 9.44 Å². The zero-order chi connectivity index (χ0) is 33.1. The summed E-state index contributed by atoms with van der Waals surface area (Å²) in [5, 5.41) is 44.8. The first-order valence-corrected chi connectivity index (χ1v) is 18.4. The van der Waals surface area contributed by atoms with Gasteiger partial charge in [0.2, 0.25) is 20.0 Å². The zero-order valence-corrected chi connectivity index (χ0v) is 27.7. The van der Waals surface area contributed by atoms with Crippen LogP contribution in [0, 0.1) is 11.3 Å². The molecule has 248 valence electrons. The van der Waals surface area contributed by atoms with Crippen LogP contribution < -0.4 is 9.44 Å². The standard InChI is InChI=1S/C30H45N7O6S2/c1-3-5-7-9-11-13-19-32-44(40,41)24-15-17-28(38)26(21-24)34-36-30(23-31)37-35-27-22-25(16-18-29(27)39)45(42,43)33-20-14-12-10-8-6-4-2/h15-18,21-22,30,32-33,38-39H,3-14,19-20H2,1-2H3. The molecular formula is C30H45N7O6S2. The quantitative estimate of drug-likeness (QED) is 0.0758. The molecule has 0 radical (unpaired) electrons. The molecule has 0 fully saturated rings. The van der Waals surface area contributed by atoms with Gasteiger partial charge >= 0.3 is 0 Å². The van der Waals surface area contributed by atoms with Gasteiger partial charge in [0.15, 0.2) is 0 Å². The summed E-state index contributed by atoms with van der Waals surface area (Å²) < 4.78 is 55.9. The summed E-state index contributed by atoms with van der Waals surface area (Å²) in [5.41, 5.74) is -0.416. The van der Waals surface area contributed by atoms with Crippen LogP contribution in [0.5, 0.6) is 11.5 Å². The number of nitriles is 1. The lowest BCUT2D eigenvalue weighted by molar-refractivity contribution is 0.475. The van der Waals surface area contributed by atoms with E-state index in [0.29, 0.717) is 12.8 Å². The molecule has 13 nitrogen and oxygen atoms in total. The predicted octanol–water partition coefficient (Wildman–Crippen LogP) is 7.09. The topological polar surface area (TPSA) is 206 Å². The third-order valence-corrected chi connectivity index (χ3v) is 9.74. The van der Waals surface area contributed by atoms with Gasteiger partial charge in [0.05, 0.1) is 9.79 Å². The van der Waals surface area contributed by atoms with E-state index in [0.717, 1.165) is 88.5 Å². The van der Waals surface area contributed by atoms with Gasteiger partial charge in [-0.1, -0.05) is 78.1 Å². The van der Waals surface area contributed by atoms with Crippen LogP contribution in [0.2, 0.25) is 0 Å². The van der Waals surface area contributed by atoms with Crippen molar-refractivity contribution in [2.75, 3.05) is 13.1 Å². The van der Waals surface area contributed by atoms with Gasteiger partial charge in [0, 0.05) is 13.1 Å². The highest BCUT2D eigenvalue weighted by molar-refractivity contribution is 7.89. The minimum atomic E-state index is -3.87. The minimum Gasteiger partial charge on any atom is -0.506 e. The zero-order valence-electron chi connectivity index (χ0n) is 26.0. The maximum atomic E-state index is 12.7. The molecule has 2 aromatic carbocycles. The average molecular weight is 664 g/mol. The highest BCUT2D eigenvalue weighted by Crippen LogP contribution is 2.31. The molecule has 0 heterocycles. The normalized spacial score (nSPS) is 13.0. The molecule has 0 aromatic heterocycles. The first kappa shape index (κ1) is 37.7. The van der Waals surface area contributed by atoms with Gasteiger partial charge < -0.3 is 10.2 Å². The maximum absolute atomic E-state index is 12.7. The molecule has 0 amide bonds. The van der Waals surface area contributed by atoms with E-state index in [1.165, 1.54) is 12.1 Å². The van der Waals surface area contributed by atoms with E-state index < -0.39 is 26.2 Å². The fourth-order valence-corrected chi connectivity index (χ4v) is 6.39. The second kappa shape index (κ2) is 19.8. The Kier molecular flexibility index (Phi) is 16.6. The summed E-state index contributed by atoms with van der Waals surface area (Å²) in [7, 11) is -7.75. The van der Waals surface area contributed by atoms with Crippen molar-refractivity contribution in [3.63, 3.8) is 0 Å². The van der Waals surface area contributed by atoms with Crippen molar-refractivity contribution in [2.24, 2.45) is 20.5 Å². The van der Waals surface area contributed by atoms with Gasteiger partial charge in [-0.15, -0.1) is 20.5 Å². The Morgan fingerprint density at radius 1 is 0.667 bits per heavy atom. The lowest BCUT2D eigenvalue weighted by atomic mass is 10.1. The number of sulfonamides is 2. The number of azo groups is 2. The molecule has 15 heteroatoms. The molecule has 0 saturated heterocycles. The largest absolute Gasteiger partial charge is 0.506 e. The number of rotatable bonds is 22. The second-order valence-corrected chi connectivity index (χ2v) is 14.1. The van der Waals surface area contributed by atoms with E-state index in [9.17, 15) is 32.3 Å². The number of nitrogens with one attached hydrogen (secondary N) is 2. The van der Waals surface area contributed by atoms with E-state index in [1.54, 1.807) is 6.07 Å². The first-order chi connectivity index (χ1) is 21.5. The van der Waals surface area contributed by atoms with E-state index in [2.05, 4.69) is 43.7 Å². The Hall–Kier alpha value is -3.45. The Balaban J connectivity index is 2.06. The van der Waals surface area contributed by atoms with Crippen molar-refractivity contribution in [3.05, 3.63) is 36.4 Å². The summed E-state index contributed by atoms with van der Waals surface area (Å²) in [6.45, 7) is 4.80. The maximum Gasteiger partial charge on any atom is 0.266 e. The first-order valence-electron chi connectivity index (χ1n) is 15.4. The van der Waals surface area contributed by atoms with E-state index in [-0.39, 0.29) is 45.8 Å².